The van der Waals surface area contributed by atoms with Gasteiger partial charge in [0, 0.05) is 30.1 Å². The third-order valence-electron chi connectivity index (χ3n) is 2.52. The third kappa shape index (κ3) is 3.18. The highest BCUT2D eigenvalue weighted by atomic mass is 79.9. The average molecular weight is 336 g/mol. The zero-order valence-electron chi connectivity index (χ0n) is 10.4. The fourth-order valence-corrected chi connectivity index (χ4v) is 1.94. The summed E-state index contributed by atoms with van der Waals surface area (Å²) in [4.78, 5) is 18.4. The monoisotopic (exact) mass is 335 g/mol. The van der Waals surface area contributed by atoms with Crippen molar-refractivity contribution in [3.05, 3.63) is 56.2 Å². The van der Waals surface area contributed by atoms with Crippen molar-refractivity contribution < 1.29 is 10.0 Å². The minimum absolute atomic E-state index is 0.105. The van der Waals surface area contributed by atoms with Gasteiger partial charge in [-0.15, -0.1) is 0 Å². The molecule has 0 aliphatic rings. The van der Waals surface area contributed by atoms with Gasteiger partial charge in [-0.05, 0) is 34.5 Å². The Labute approximate surface area is 123 Å². The Kier molecular flexibility index (Phi) is 4.09. The van der Waals surface area contributed by atoms with Crippen LogP contribution < -0.4 is 0 Å². The Morgan fingerprint density at radius 2 is 2.20 bits per heavy atom. The topological polar surface area (TPSA) is 88.6 Å². The van der Waals surface area contributed by atoms with Gasteiger partial charge in [-0.1, -0.05) is 6.07 Å². The van der Waals surface area contributed by atoms with Gasteiger partial charge in [0.05, 0.1) is 9.40 Å². The lowest BCUT2D eigenvalue weighted by Crippen LogP contribution is -1.92. The molecule has 0 fully saturated rings. The number of halogens is 1. The lowest BCUT2D eigenvalue weighted by molar-refractivity contribution is -0.385. The van der Waals surface area contributed by atoms with Crippen LogP contribution in [0.5, 0.6) is 5.75 Å². The van der Waals surface area contributed by atoms with Gasteiger partial charge in [0.15, 0.2) is 5.82 Å². The van der Waals surface area contributed by atoms with Crippen LogP contribution in [0.4, 0.5) is 11.5 Å². The molecule has 0 amide bonds. The van der Waals surface area contributed by atoms with Crippen LogP contribution in [-0.2, 0) is 0 Å². The van der Waals surface area contributed by atoms with Gasteiger partial charge in [-0.25, -0.2) is 9.98 Å². The Bertz CT molecular complexity index is 684. The molecule has 2 aromatic rings. The minimum Gasteiger partial charge on any atom is -0.506 e. The van der Waals surface area contributed by atoms with E-state index in [-0.39, 0.29) is 21.5 Å². The summed E-state index contributed by atoms with van der Waals surface area (Å²) >= 11 is 3.07. The molecule has 0 unspecified atom stereocenters. The number of pyridine rings is 1. The van der Waals surface area contributed by atoms with Crippen LogP contribution in [0.15, 0.2) is 39.9 Å². The van der Waals surface area contributed by atoms with Gasteiger partial charge >= 0.3 is 0 Å². The molecule has 1 heterocycles. The number of aromatic hydroxyl groups is 1. The predicted octanol–water partition coefficient (Wildman–Crippen LogP) is 3.52. The maximum atomic E-state index is 10.8. The van der Waals surface area contributed by atoms with E-state index in [9.17, 15) is 15.2 Å². The highest BCUT2D eigenvalue weighted by Crippen LogP contribution is 2.31. The van der Waals surface area contributed by atoms with Gasteiger partial charge in [0.2, 0.25) is 0 Å². The van der Waals surface area contributed by atoms with Crippen LogP contribution in [0.25, 0.3) is 0 Å². The summed E-state index contributed by atoms with van der Waals surface area (Å²) in [6.07, 6.45) is 3.00. The number of benzene rings is 1. The maximum Gasteiger partial charge on any atom is 0.271 e. The van der Waals surface area contributed by atoms with Gasteiger partial charge in [0.25, 0.3) is 5.69 Å². The first-order valence-corrected chi connectivity index (χ1v) is 6.40. The van der Waals surface area contributed by atoms with Gasteiger partial charge < -0.3 is 5.11 Å². The summed E-state index contributed by atoms with van der Waals surface area (Å²) in [5.41, 5.74) is 1.12. The molecule has 0 spiro atoms. The number of rotatable bonds is 3. The number of aromatic nitrogens is 1. The highest BCUT2D eigenvalue weighted by Gasteiger charge is 2.13. The smallest absolute Gasteiger partial charge is 0.271 e. The van der Waals surface area contributed by atoms with Crippen LogP contribution in [-0.4, -0.2) is 21.2 Å². The number of aryl methyl sites for hydroxylation is 1. The first kappa shape index (κ1) is 14.1. The van der Waals surface area contributed by atoms with Crippen LogP contribution in [0, 0.1) is 17.0 Å². The fraction of sp³-hybridized carbons (Fsp3) is 0.0769. The van der Waals surface area contributed by atoms with Crippen molar-refractivity contribution in [1.82, 2.24) is 4.98 Å². The molecule has 1 N–H and O–H groups in total. The Hall–Kier alpha value is -2.28. The van der Waals surface area contributed by atoms with Crippen molar-refractivity contribution in [2.75, 3.05) is 0 Å². The second kappa shape index (κ2) is 5.79. The van der Waals surface area contributed by atoms with Gasteiger partial charge in [-0.3, -0.25) is 10.1 Å². The van der Waals surface area contributed by atoms with E-state index in [0.717, 1.165) is 5.56 Å². The zero-order chi connectivity index (χ0) is 14.7. The summed E-state index contributed by atoms with van der Waals surface area (Å²) in [6, 6.07) is 6.05. The number of phenolic OH excluding ortho intramolecular Hbond substituents is 1. The van der Waals surface area contributed by atoms with Crippen LogP contribution in [0.3, 0.4) is 0 Å². The van der Waals surface area contributed by atoms with Crippen molar-refractivity contribution in [2.45, 2.75) is 6.92 Å². The van der Waals surface area contributed by atoms with E-state index in [4.69, 9.17) is 0 Å². The van der Waals surface area contributed by atoms with Gasteiger partial charge in [0.1, 0.15) is 5.75 Å². The van der Waals surface area contributed by atoms with E-state index in [2.05, 4.69) is 25.9 Å². The molecule has 0 atom stereocenters. The molecule has 7 heteroatoms. The average Bonchev–Trinajstić information content (AvgIpc) is 2.42. The summed E-state index contributed by atoms with van der Waals surface area (Å²) < 4.78 is 0.241. The Balaban J connectivity index is 2.37. The molecule has 0 bridgehead atoms. The van der Waals surface area contributed by atoms with Gasteiger partial charge in [-0.2, -0.15) is 0 Å². The molecule has 1 aromatic heterocycles. The van der Waals surface area contributed by atoms with Crippen molar-refractivity contribution in [3.8, 4) is 5.75 Å². The molecule has 0 aliphatic carbocycles. The largest absolute Gasteiger partial charge is 0.506 e. The van der Waals surface area contributed by atoms with Crippen molar-refractivity contribution in [1.29, 1.82) is 0 Å². The molecule has 6 nitrogen and oxygen atoms in total. The molecule has 102 valence electrons. The number of hydrogen-bond donors (Lipinski definition) is 1. The number of non-ortho nitro benzene ring substituents is 1. The van der Waals surface area contributed by atoms with Crippen LogP contribution >= 0.6 is 15.9 Å². The summed E-state index contributed by atoms with van der Waals surface area (Å²) in [7, 11) is 0. The van der Waals surface area contributed by atoms with E-state index in [1.165, 1.54) is 18.3 Å². The second-order valence-electron chi connectivity index (χ2n) is 4.07. The quantitative estimate of drug-likeness (QED) is 0.528. The molecule has 0 radical (unpaired) electrons. The van der Waals surface area contributed by atoms with E-state index >= 15 is 0 Å². The molecule has 1 aromatic carbocycles. The third-order valence-corrected chi connectivity index (χ3v) is 3.12. The second-order valence-corrected chi connectivity index (χ2v) is 4.93. The number of nitro groups is 1. The number of aliphatic imine (C=N–C) groups is 1. The molecule has 0 saturated carbocycles. The van der Waals surface area contributed by atoms with Crippen LogP contribution in [0.1, 0.15) is 11.1 Å². The maximum absolute atomic E-state index is 10.8. The molecule has 0 saturated heterocycles. The van der Waals surface area contributed by atoms with E-state index in [1.807, 2.05) is 13.0 Å². The SMILES string of the molecule is Cc1ccc(N=Cc2cc([N+](=O)[O-])cc(Br)c2O)nc1. The lowest BCUT2D eigenvalue weighted by Gasteiger charge is -2.02. The summed E-state index contributed by atoms with van der Waals surface area (Å²) in [5.74, 6) is 0.351. The number of nitrogens with zero attached hydrogens (tertiary/aromatic N) is 3. The van der Waals surface area contributed by atoms with Crippen LogP contribution in [0.2, 0.25) is 0 Å². The molecule has 20 heavy (non-hydrogen) atoms. The van der Waals surface area contributed by atoms with E-state index in [0.29, 0.717) is 5.82 Å². The van der Waals surface area contributed by atoms with E-state index < -0.39 is 4.92 Å². The summed E-state index contributed by atoms with van der Waals surface area (Å²) in [6.45, 7) is 1.91. The van der Waals surface area contributed by atoms with Crippen molar-refractivity contribution in [2.24, 2.45) is 4.99 Å². The number of hydrogen-bond acceptors (Lipinski definition) is 5. The molecular formula is C13H10BrN3O3. The predicted molar refractivity (Wildman–Crippen MR) is 78.7 cm³/mol. The Morgan fingerprint density at radius 3 is 2.80 bits per heavy atom. The zero-order valence-corrected chi connectivity index (χ0v) is 12.0. The standard InChI is InChI=1S/C13H10BrN3O3/c1-8-2-3-12(15-6-8)16-7-9-4-10(17(19)20)5-11(14)13(9)18/h2-7,18H,1H3. The first-order valence-electron chi connectivity index (χ1n) is 5.61. The number of nitro benzene ring substituents is 1. The number of phenols is 1. The van der Waals surface area contributed by atoms with E-state index in [1.54, 1.807) is 12.3 Å². The molecule has 0 aliphatic heterocycles. The highest BCUT2D eigenvalue weighted by molar-refractivity contribution is 9.10. The van der Waals surface area contributed by atoms with Crippen molar-refractivity contribution in [3.63, 3.8) is 0 Å². The fourth-order valence-electron chi connectivity index (χ4n) is 1.48. The molecule has 2 rings (SSSR count). The normalized spacial score (nSPS) is 10.9. The van der Waals surface area contributed by atoms with Crippen molar-refractivity contribution >= 4 is 33.6 Å². The lowest BCUT2D eigenvalue weighted by atomic mass is 10.2. The Morgan fingerprint density at radius 1 is 1.45 bits per heavy atom. The first-order chi connectivity index (χ1) is 9.47. The molecular weight excluding hydrogens is 326 g/mol. The summed E-state index contributed by atoms with van der Waals surface area (Å²) in [5, 5.41) is 20.6. The minimum atomic E-state index is -0.536.